The molecule has 0 aliphatic carbocycles. The van der Waals surface area contributed by atoms with E-state index in [0.29, 0.717) is 17.5 Å². The molecule has 0 aliphatic heterocycles. The standard InChI is InChI=1S/C24H23N5O2S/c1-17-6-3-4-8-21(17)29-23(19-7-5-13-25-15-19)27-28-24(29)32-16-22(30)26-14-18-9-11-20(31-2)12-10-18/h3-13,15H,14,16H2,1-2H3,(H,26,30). The number of para-hydroxylation sites is 1. The van der Waals surface area contributed by atoms with Gasteiger partial charge in [0.05, 0.1) is 18.6 Å². The van der Waals surface area contributed by atoms with E-state index >= 15 is 0 Å². The fourth-order valence-electron chi connectivity index (χ4n) is 3.20. The van der Waals surface area contributed by atoms with Crippen molar-refractivity contribution in [1.29, 1.82) is 0 Å². The topological polar surface area (TPSA) is 81.9 Å². The number of hydrogen-bond donors (Lipinski definition) is 1. The molecule has 0 radical (unpaired) electrons. The van der Waals surface area contributed by atoms with Crippen molar-refractivity contribution < 1.29 is 9.53 Å². The summed E-state index contributed by atoms with van der Waals surface area (Å²) in [5, 5.41) is 12.4. The summed E-state index contributed by atoms with van der Waals surface area (Å²) in [7, 11) is 1.63. The fraction of sp³-hybridized carbons (Fsp3) is 0.167. The molecule has 0 aliphatic rings. The van der Waals surface area contributed by atoms with Gasteiger partial charge in [0.15, 0.2) is 11.0 Å². The first-order chi connectivity index (χ1) is 15.7. The SMILES string of the molecule is COc1ccc(CNC(=O)CSc2nnc(-c3cccnc3)n2-c2ccccc2C)cc1. The zero-order valence-corrected chi connectivity index (χ0v) is 18.7. The van der Waals surface area contributed by atoms with Crippen LogP contribution in [-0.4, -0.2) is 38.5 Å². The summed E-state index contributed by atoms with van der Waals surface area (Å²) in [6.45, 7) is 2.49. The van der Waals surface area contributed by atoms with E-state index in [4.69, 9.17) is 4.74 Å². The van der Waals surface area contributed by atoms with Crippen LogP contribution in [0.15, 0.2) is 78.2 Å². The quantitative estimate of drug-likeness (QED) is 0.412. The minimum Gasteiger partial charge on any atom is -0.497 e. The van der Waals surface area contributed by atoms with Crippen molar-refractivity contribution in [2.45, 2.75) is 18.6 Å². The number of aromatic nitrogens is 4. The molecule has 0 fully saturated rings. The van der Waals surface area contributed by atoms with Crippen LogP contribution < -0.4 is 10.1 Å². The lowest BCUT2D eigenvalue weighted by atomic mass is 10.2. The molecular weight excluding hydrogens is 422 g/mol. The molecule has 0 saturated carbocycles. The Labute approximate surface area is 190 Å². The van der Waals surface area contributed by atoms with Gasteiger partial charge in [-0.3, -0.25) is 14.3 Å². The molecule has 8 heteroatoms. The molecule has 1 N–H and O–H groups in total. The molecule has 2 heterocycles. The van der Waals surface area contributed by atoms with Gasteiger partial charge in [0.2, 0.25) is 5.91 Å². The minimum absolute atomic E-state index is 0.0759. The number of ether oxygens (including phenoxy) is 1. The van der Waals surface area contributed by atoms with E-state index in [1.807, 2.05) is 72.2 Å². The molecule has 1 amide bonds. The Bertz CT molecular complexity index is 1190. The van der Waals surface area contributed by atoms with E-state index in [0.717, 1.165) is 28.1 Å². The van der Waals surface area contributed by atoms with Crippen molar-refractivity contribution in [3.05, 3.63) is 84.2 Å². The number of pyridine rings is 1. The van der Waals surface area contributed by atoms with Crippen LogP contribution in [0.3, 0.4) is 0 Å². The average molecular weight is 446 g/mol. The third-order valence-corrected chi connectivity index (χ3v) is 5.82. The summed E-state index contributed by atoms with van der Waals surface area (Å²) < 4.78 is 7.14. The Morgan fingerprint density at radius 1 is 1.06 bits per heavy atom. The van der Waals surface area contributed by atoms with Gasteiger partial charge in [-0.1, -0.05) is 42.1 Å². The highest BCUT2D eigenvalue weighted by atomic mass is 32.2. The maximum atomic E-state index is 12.5. The molecule has 162 valence electrons. The predicted octanol–water partition coefficient (Wildman–Crippen LogP) is 4.05. The Hall–Kier alpha value is -3.65. The van der Waals surface area contributed by atoms with Crippen LogP contribution in [0.4, 0.5) is 0 Å². The molecular formula is C24H23N5O2S. The molecule has 0 saturated heterocycles. The van der Waals surface area contributed by atoms with Crippen LogP contribution in [0, 0.1) is 6.92 Å². The summed E-state index contributed by atoms with van der Waals surface area (Å²) in [4.78, 5) is 16.7. The van der Waals surface area contributed by atoms with Crippen molar-refractivity contribution in [3.63, 3.8) is 0 Å². The Kier molecular flexibility index (Phi) is 6.81. The monoisotopic (exact) mass is 445 g/mol. The minimum atomic E-state index is -0.0759. The van der Waals surface area contributed by atoms with E-state index in [-0.39, 0.29) is 11.7 Å². The first kappa shape index (κ1) is 21.6. The molecule has 7 nitrogen and oxygen atoms in total. The lowest BCUT2D eigenvalue weighted by Gasteiger charge is -2.12. The highest BCUT2D eigenvalue weighted by Gasteiger charge is 2.18. The van der Waals surface area contributed by atoms with Gasteiger partial charge in [-0.15, -0.1) is 10.2 Å². The zero-order valence-electron chi connectivity index (χ0n) is 17.9. The van der Waals surface area contributed by atoms with E-state index in [1.54, 1.807) is 19.5 Å². The number of benzene rings is 2. The van der Waals surface area contributed by atoms with Crippen LogP contribution >= 0.6 is 11.8 Å². The highest BCUT2D eigenvalue weighted by molar-refractivity contribution is 7.99. The summed E-state index contributed by atoms with van der Waals surface area (Å²) in [5.41, 5.74) is 3.92. The number of thioether (sulfide) groups is 1. The van der Waals surface area contributed by atoms with Crippen LogP contribution in [0.2, 0.25) is 0 Å². The number of carbonyl (C=O) groups excluding carboxylic acids is 1. The third-order valence-electron chi connectivity index (χ3n) is 4.89. The molecule has 0 unspecified atom stereocenters. The molecule has 4 rings (SSSR count). The second kappa shape index (κ2) is 10.1. The summed E-state index contributed by atoms with van der Waals surface area (Å²) in [5.74, 6) is 1.63. The van der Waals surface area contributed by atoms with Gasteiger partial charge in [0, 0.05) is 24.5 Å². The number of amides is 1. The normalized spacial score (nSPS) is 10.7. The largest absolute Gasteiger partial charge is 0.497 e. The van der Waals surface area contributed by atoms with Gasteiger partial charge in [0.25, 0.3) is 0 Å². The number of nitrogens with zero attached hydrogens (tertiary/aromatic N) is 4. The van der Waals surface area contributed by atoms with E-state index in [9.17, 15) is 4.79 Å². The average Bonchev–Trinajstić information content (AvgIpc) is 3.26. The Morgan fingerprint density at radius 2 is 1.88 bits per heavy atom. The lowest BCUT2D eigenvalue weighted by Crippen LogP contribution is -2.24. The number of methoxy groups -OCH3 is 1. The fourth-order valence-corrected chi connectivity index (χ4v) is 3.98. The van der Waals surface area contributed by atoms with E-state index in [1.165, 1.54) is 11.8 Å². The highest BCUT2D eigenvalue weighted by Crippen LogP contribution is 2.29. The molecule has 2 aromatic heterocycles. The van der Waals surface area contributed by atoms with Gasteiger partial charge in [-0.2, -0.15) is 0 Å². The van der Waals surface area contributed by atoms with Crippen LogP contribution in [0.1, 0.15) is 11.1 Å². The van der Waals surface area contributed by atoms with Crippen LogP contribution in [0.5, 0.6) is 5.75 Å². The van der Waals surface area contributed by atoms with Crippen LogP contribution in [-0.2, 0) is 11.3 Å². The Morgan fingerprint density at radius 3 is 2.59 bits per heavy atom. The van der Waals surface area contributed by atoms with Crippen molar-refractivity contribution in [1.82, 2.24) is 25.1 Å². The molecule has 0 spiro atoms. The lowest BCUT2D eigenvalue weighted by molar-refractivity contribution is -0.118. The molecule has 4 aromatic rings. The van der Waals surface area contributed by atoms with Gasteiger partial charge in [-0.25, -0.2) is 0 Å². The van der Waals surface area contributed by atoms with E-state index < -0.39 is 0 Å². The molecule has 0 atom stereocenters. The van der Waals surface area contributed by atoms with Gasteiger partial charge in [-0.05, 0) is 48.4 Å². The number of rotatable bonds is 8. The number of nitrogens with one attached hydrogen (secondary N) is 1. The second-order valence-electron chi connectivity index (χ2n) is 7.08. The second-order valence-corrected chi connectivity index (χ2v) is 8.03. The smallest absolute Gasteiger partial charge is 0.230 e. The summed E-state index contributed by atoms with van der Waals surface area (Å²) in [6, 6.07) is 19.5. The van der Waals surface area contributed by atoms with Crippen molar-refractivity contribution in [2.24, 2.45) is 0 Å². The third kappa shape index (κ3) is 4.97. The zero-order chi connectivity index (χ0) is 22.3. The number of hydrogen-bond acceptors (Lipinski definition) is 6. The van der Waals surface area contributed by atoms with Crippen molar-refractivity contribution in [2.75, 3.05) is 12.9 Å². The van der Waals surface area contributed by atoms with Crippen molar-refractivity contribution in [3.8, 4) is 22.8 Å². The maximum Gasteiger partial charge on any atom is 0.230 e. The van der Waals surface area contributed by atoms with Crippen molar-refractivity contribution >= 4 is 17.7 Å². The molecule has 0 bridgehead atoms. The first-order valence-corrected chi connectivity index (χ1v) is 11.1. The summed E-state index contributed by atoms with van der Waals surface area (Å²) in [6.07, 6.45) is 3.48. The van der Waals surface area contributed by atoms with E-state index in [2.05, 4.69) is 20.5 Å². The molecule has 2 aromatic carbocycles. The van der Waals surface area contributed by atoms with Gasteiger partial charge < -0.3 is 10.1 Å². The van der Waals surface area contributed by atoms with Gasteiger partial charge >= 0.3 is 0 Å². The maximum absolute atomic E-state index is 12.5. The van der Waals surface area contributed by atoms with Crippen LogP contribution in [0.25, 0.3) is 17.1 Å². The summed E-state index contributed by atoms with van der Waals surface area (Å²) >= 11 is 1.35. The Balaban J connectivity index is 1.50. The van der Waals surface area contributed by atoms with Gasteiger partial charge in [0.1, 0.15) is 5.75 Å². The first-order valence-electron chi connectivity index (χ1n) is 10.1. The molecule has 32 heavy (non-hydrogen) atoms. The number of aryl methyl sites for hydroxylation is 1. The predicted molar refractivity (Wildman–Crippen MR) is 125 cm³/mol. The number of carbonyl (C=O) groups is 1.